The molecular formula is C22H25ClN4S. The van der Waals surface area contributed by atoms with Crippen LogP contribution in [-0.4, -0.2) is 45.3 Å². The Morgan fingerprint density at radius 3 is 2.57 bits per heavy atom. The van der Waals surface area contributed by atoms with Gasteiger partial charge in [0.25, 0.3) is 0 Å². The van der Waals surface area contributed by atoms with Crippen molar-refractivity contribution in [1.29, 1.82) is 0 Å². The van der Waals surface area contributed by atoms with E-state index in [1.807, 2.05) is 43.6 Å². The summed E-state index contributed by atoms with van der Waals surface area (Å²) in [6.45, 7) is 4.32. The molecule has 1 aromatic carbocycles. The highest BCUT2D eigenvalue weighted by Gasteiger charge is 2.22. The van der Waals surface area contributed by atoms with Crippen LogP contribution in [0.4, 0.5) is 0 Å². The third kappa shape index (κ3) is 4.77. The third-order valence-electron chi connectivity index (χ3n) is 4.96. The van der Waals surface area contributed by atoms with Gasteiger partial charge in [-0.15, -0.1) is 0 Å². The number of rotatable bonds is 8. The second kappa shape index (κ2) is 8.68. The van der Waals surface area contributed by atoms with E-state index in [0.29, 0.717) is 0 Å². The second-order valence-corrected chi connectivity index (χ2v) is 9.01. The van der Waals surface area contributed by atoms with Gasteiger partial charge in [0.1, 0.15) is 0 Å². The summed E-state index contributed by atoms with van der Waals surface area (Å²) in [5, 5.41) is 1.72. The SMILES string of the molecule is Cc1ccc(-c2cnc(SCCN(C)CC3CC3)n2-c2ccc(Cl)cc2)nc1. The van der Waals surface area contributed by atoms with E-state index in [0.717, 1.165) is 51.0 Å². The first-order valence-corrected chi connectivity index (χ1v) is 11.0. The van der Waals surface area contributed by atoms with Crippen molar-refractivity contribution in [3.05, 3.63) is 59.4 Å². The minimum atomic E-state index is 0.731. The fraction of sp³-hybridized carbons (Fsp3) is 0.364. The lowest BCUT2D eigenvalue weighted by Crippen LogP contribution is -2.23. The van der Waals surface area contributed by atoms with Crippen LogP contribution in [0.2, 0.25) is 5.02 Å². The molecule has 2 aromatic heterocycles. The standard InChI is InChI=1S/C22H25ClN4S/c1-16-3-10-20(24-13-16)21-14-25-22(27(21)19-8-6-18(23)7-9-19)28-12-11-26(2)15-17-4-5-17/h3,6-10,13-14,17H,4-5,11-12,15H2,1-2H3. The molecule has 6 heteroatoms. The number of hydrogen-bond donors (Lipinski definition) is 0. The van der Waals surface area contributed by atoms with Crippen molar-refractivity contribution in [2.45, 2.75) is 24.9 Å². The molecule has 1 aliphatic carbocycles. The van der Waals surface area contributed by atoms with Crippen LogP contribution in [0, 0.1) is 12.8 Å². The first-order valence-electron chi connectivity index (χ1n) is 9.68. The molecule has 0 atom stereocenters. The summed E-state index contributed by atoms with van der Waals surface area (Å²) in [7, 11) is 2.21. The van der Waals surface area contributed by atoms with Crippen molar-refractivity contribution in [1.82, 2.24) is 19.4 Å². The number of imidazole rings is 1. The first-order chi connectivity index (χ1) is 13.6. The van der Waals surface area contributed by atoms with E-state index >= 15 is 0 Å². The van der Waals surface area contributed by atoms with Crippen molar-refractivity contribution in [2.24, 2.45) is 5.92 Å². The van der Waals surface area contributed by atoms with Gasteiger partial charge in [0.2, 0.25) is 0 Å². The molecule has 0 N–H and O–H groups in total. The molecule has 1 saturated carbocycles. The zero-order chi connectivity index (χ0) is 19.5. The molecule has 0 spiro atoms. The van der Waals surface area contributed by atoms with Crippen LogP contribution in [-0.2, 0) is 0 Å². The highest BCUT2D eigenvalue weighted by Crippen LogP contribution is 2.31. The van der Waals surface area contributed by atoms with Crippen molar-refractivity contribution in [3.63, 3.8) is 0 Å². The minimum Gasteiger partial charge on any atom is -0.305 e. The molecular weight excluding hydrogens is 388 g/mol. The van der Waals surface area contributed by atoms with Gasteiger partial charge < -0.3 is 4.90 Å². The highest BCUT2D eigenvalue weighted by atomic mass is 35.5. The molecule has 3 aromatic rings. The van der Waals surface area contributed by atoms with Gasteiger partial charge in [-0.2, -0.15) is 0 Å². The quantitative estimate of drug-likeness (QED) is 0.468. The molecule has 4 rings (SSSR count). The Bertz CT molecular complexity index is 917. The first kappa shape index (κ1) is 19.5. The largest absolute Gasteiger partial charge is 0.305 e. The summed E-state index contributed by atoms with van der Waals surface area (Å²) in [6.07, 6.45) is 6.60. The Hall–Kier alpha value is -1.82. The number of nitrogens with zero attached hydrogens (tertiary/aromatic N) is 4. The Morgan fingerprint density at radius 2 is 1.89 bits per heavy atom. The maximum Gasteiger partial charge on any atom is 0.173 e. The van der Waals surface area contributed by atoms with E-state index in [4.69, 9.17) is 16.6 Å². The topological polar surface area (TPSA) is 34.0 Å². The van der Waals surface area contributed by atoms with Crippen molar-refractivity contribution in [3.8, 4) is 17.1 Å². The fourth-order valence-corrected chi connectivity index (χ4v) is 4.37. The molecule has 0 unspecified atom stereocenters. The maximum absolute atomic E-state index is 6.10. The van der Waals surface area contributed by atoms with E-state index in [2.05, 4.69) is 33.6 Å². The predicted molar refractivity (Wildman–Crippen MR) is 117 cm³/mol. The van der Waals surface area contributed by atoms with E-state index in [1.54, 1.807) is 11.8 Å². The Labute approximate surface area is 176 Å². The van der Waals surface area contributed by atoms with Crippen molar-refractivity contribution < 1.29 is 0 Å². The van der Waals surface area contributed by atoms with Gasteiger partial charge in [-0.3, -0.25) is 9.55 Å². The van der Waals surface area contributed by atoms with Crippen LogP contribution in [0.1, 0.15) is 18.4 Å². The number of benzene rings is 1. The summed E-state index contributed by atoms with van der Waals surface area (Å²) in [5.74, 6) is 1.93. The summed E-state index contributed by atoms with van der Waals surface area (Å²) in [6, 6.07) is 12.0. The number of pyridine rings is 1. The van der Waals surface area contributed by atoms with Crippen LogP contribution >= 0.6 is 23.4 Å². The molecule has 0 aliphatic heterocycles. The monoisotopic (exact) mass is 412 g/mol. The van der Waals surface area contributed by atoms with Crippen LogP contribution in [0.5, 0.6) is 0 Å². The molecule has 28 heavy (non-hydrogen) atoms. The lowest BCUT2D eigenvalue weighted by Gasteiger charge is -2.16. The van der Waals surface area contributed by atoms with E-state index < -0.39 is 0 Å². The normalized spacial score (nSPS) is 14.0. The molecule has 2 heterocycles. The average Bonchev–Trinajstić information content (AvgIpc) is 3.40. The number of aromatic nitrogens is 3. The molecule has 146 valence electrons. The van der Waals surface area contributed by atoms with Crippen molar-refractivity contribution >= 4 is 23.4 Å². The molecule has 1 fully saturated rings. The lowest BCUT2D eigenvalue weighted by atomic mass is 10.2. The van der Waals surface area contributed by atoms with Gasteiger partial charge in [0, 0.05) is 35.7 Å². The second-order valence-electron chi connectivity index (χ2n) is 7.51. The smallest absolute Gasteiger partial charge is 0.173 e. The van der Waals surface area contributed by atoms with Crippen LogP contribution in [0.3, 0.4) is 0 Å². The van der Waals surface area contributed by atoms with Gasteiger partial charge in [-0.25, -0.2) is 4.98 Å². The Morgan fingerprint density at radius 1 is 1.11 bits per heavy atom. The molecule has 0 amide bonds. The summed E-state index contributed by atoms with van der Waals surface area (Å²) in [5.41, 5.74) is 4.12. The van der Waals surface area contributed by atoms with Crippen LogP contribution in [0.25, 0.3) is 17.1 Å². The summed E-state index contributed by atoms with van der Waals surface area (Å²) in [4.78, 5) is 11.8. The molecule has 1 aliphatic rings. The van der Waals surface area contributed by atoms with Crippen LogP contribution in [0.15, 0.2) is 53.9 Å². The number of hydrogen-bond acceptors (Lipinski definition) is 4. The van der Waals surface area contributed by atoms with E-state index in [-0.39, 0.29) is 0 Å². The van der Waals surface area contributed by atoms with Crippen LogP contribution < -0.4 is 0 Å². The number of aryl methyl sites for hydroxylation is 1. The Kier molecular flexibility index (Phi) is 6.04. The third-order valence-corrected chi connectivity index (χ3v) is 6.14. The fourth-order valence-electron chi connectivity index (χ4n) is 3.20. The molecule has 0 radical (unpaired) electrons. The van der Waals surface area contributed by atoms with Gasteiger partial charge in [-0.05, 0) is 68.6 Å². The van der Waals surface area contributed by atoms with Gasteiger partial charge in [-0.1, -0.05) is 29.4 Å². The molecule has 4 nitrogen and oxygen atoms in total. The van der Waals surface area contributed by atoms with Crippen molar-refractivity contribution in [2.75, 3.05) is 25.9 Å². The van der Waals surface area contributed by atoms with Gasteiger partial charge >= 0.3 is 0 Å². The lowest BCUT2D eigenvalue weighted by molar-refractivity contribution is 0.340. The van der Waals surface area contributed by atoms with Gasteiger partial charge in [0.05, 0.1) is 17.6 Å². The van der Waals surface area contributed by atoms with E-state index in [9.17, 15) is 0 Å². The van der Waals surface area contributed by atoms with Gasteiger partial charge in [0.15, 0.2) is 5.16 Å². The molecule has 0 bridgehead atoms. The summed E-state index contributed by atoms with van der Waals surface area (Å²) >= 11 is 7.89. The van der Waals surface area contributed by atoms with E-state index in [1.165, 1.54) is 19.4 Å². The summed E-state index contributed by atoms with van der Waals surface area (Å²) < 4.78 is 2.18. The predicted octanol–water partition coefficient (Wildman–Crippen LogP) is 5.33. The zero-order valence-electron chi connectivity index (χ0n) is 16.3. The zero-order valence-corrected chi connectivity index (χ0v) is 17.9. The number of halogens is 1. The Balaban J connectivity index is 1.58. The highest BCUT2D eigenvalue weighted by molar-refractivity contribution is 7.99. The average molecular weight is 413 g/mol. The minimum absolute atomic E-state index is 0.731. The number of thioether (sulfide) groups is 1. The molecule has 0 saturated heterocycles. The maximum atomic E-state index is 6.10.